The van der Waals surface area contributed by atoms with Crippen LogP contribution in [-0.4, -0.2) is 47.6 Å². The Balaban J connectivity index is 1.68. The van der Waals surface area contributed by atoms with Crippen molar-refractivity contribution in [3.8, 4) is 16.2 Å². The molecule has 1 fully saturated rings. The van der Waals surface area contributed by atoms with Gasteiger partial charge in [-0.25, -0.2) is 0 Å². The summed E-state index contributed by atoms with van der Waals surface area (Å²) >= 11 is 5.37. The van der Waals surface area contributed by atoms with E-state index in [0.29, 0.717) is 5.75 Å². The van der Waals surface area contributed by atoms with Crippen molar-refractivity contribution < 1.29 is 5.11 Å². The zero-order valence-electron chi connectivity index (χ0n) is 15.0. The van der Waals surface area contributed by atoms with Crippen molar-refractivity contribution in [2.45, 2.75) is 33.2 Å². The van der Waals surface area contributed by atoms with Crippen LogP contribution in [0.3, 0.4) is 0 Å². The highest BCUT2D eigenvalue weighted by molar-refractivity contribution is 7.80. The number of rotatable bonds is 6. The molecule has 0 unspecified atom stereocenters. The maximum Gasteiger partial charge on any atom is 0.120 e. The van der Waals surface area contributed by atoms with Crippen LogP contribution in [0.5, 0.6) is 5.75 Å². The molecule has 0 atom stereocenters. The van der Waals surface area contributed by atoms with Crippen molar-refractivity contribution in [3.05, 3.63) is 33.1 Å². The van der Waals surface area contributed by atoms with Gasteiger partial charge < -0.3 is 10.0 Å². The molecule has 136 valence electrons. The minimum Gasteiger partial charge on any atom is -0.508 e. The van der Waals surface area contributed by atoms with E-state index >= 15 is 0 Å². The van der Waals surface area contributed by atoms with Gasteiger partial charge in [0.15, 0.2) is 0 Å². The van der Waals surface area contributed by atoms with Crippen LogP contribution in [0.25, 0.3) is 10.4 Å². The van der Waals surface area contributed by atoms with Crippen molar-refractivity contribution in [1.82, 2.24) is 9.80 Å². The van der Waals surface area contributed by atoms with E-state index < -0.39 is 0 Å². The van der Waals surface area contributed by atoms with Crippen molar-refractivity contribution in [3.63, 3.8) is 0 Å². The molecule has 0 radical (unpaired) electrons. The first-order valence-corrected chi connectivity index (χ1v) is 11.5. The third-order valence-electron chi connectivity index (χ3n) is 4.88. The average molecular weight is 395 g/mol. The molecule has 25 heavy (non-hydrogen) atoms. The minimum absolute atomic E-state index is 0.397. The van der Waals surface area contributed by atoms with Crippen LogP contribution < -0.4 is 0 Å². The van der Waals surface area contributed by atoms with Crippen LogP contribution in [0.1, 0.15) is 30.9 Å². The molecule has 0 spiro atoms. The molecule has 1 saturated heterocycles. The summed E-state index contributed by atoms with van der Waals surface area (Å²) in [5.74, 6) is 0.397. The first-order valence-electron chi connectivity index (χ1n) is 8.95. The summed E-state index contributed by atoms with van der Waals surface area (Å²) < 4.78 is 0.970. The molecular weight excluding hydrogens is 368 g/mol. The Morgan fingerprint density at radius 1 is 1.12 bits per heavy atom. The van der Waals surface area contributed by atoms with Gasteiger partial charge in [0.25, 0.3) is 0 Å². The highest BCUT2D eigenvalue weighted by atomic mass is 32.9. The zero-order valence-corrected chi connectivity index (χ0v) is 17.4. The van der Waals surface area contributed by atoms with Crippen molar-refractivity contribution >= 4 is 32.9 Å². The third kappa shape index (κ3) is 4.68. The van der Waals surface area contributed by atoms with E-state index in [1.165, 1.54) is 35.4 Å². The summed E-state index contributed by atoms with van der Waals surface area (Å²) in [5.41, 5.74) is 3.37. The Labute approximate surface area is 162 Å². The fraction of sp³-hybridized carbons (Fsp3) is 0.526. The number of aromatic hydroxyl groups is 1. The number of benzene rings is 1. The molecule has 0 amide bonds. The topological polar surface area (TPSA) is 26.7 Å². The number of phenolic OH excluding ortho intramolecular Hbond substituents is 1. The highest BCUT2D eigenvalue weighted by Crippen LogP contribution is 2.36. The Bertz CT molecular complexity index is 760. The first-order chi connectivity index (χ1) is 12.1. The summed E-state index contributed by atoms with van der Waals surface area (Å²) in [6.07, 6.45) is 2.55. The van der Waals surface area contributed by atoms with Crippen LogP contribution in [0.4, 0.5) is 0 Å². The molecule has 1 aromatic heterocycles. The summed E-state index contributed by atoms with van der Waals surface area (Å²) in [6.45, 7) is 10.8. The number of unbranched alkanes of at least 4 members (excludes halogenated alkanes) is 1. The monoisotopic (exact) mass is 394 g/mol. The predicted molar refractivity (Wildman–Crippen MR) is 111 cm³/mol. The minimum atomic E-state index is 0.397. The van der Waals surface area contributed by atoms with Crippen molar-refractivity contribution in [2.75, 3.05) is 32.7 Å². The number of hydrogen-bond acceptors (Lipinski definition) is 6. The van der Waals surface area contributed by atoms with Gasteiger partial charge in [0.05, 0.1) is 4.88 Å². The largest absolute Gasteiger partial charge is 0.508 e. The lowest BCUT2D eigenvalue weighted by Crippen LogP contribution is -2.46. The maximum atomic E-state index is 10.3. The molecule has 1 aliphatic heterocycles. The maximum absolute atomic E-state index is 10.3. The normalized spacial score (nSPS) is 16.4. The summed E-state index contributed by atoms with van der Waals surface area (Å²) in [4.78, 5) is 6.24. The van der Waals surface area contributed by atoms with E-state index in [1.54, 1.807) is 20.7 Å². The lowest BCUT2D eigenvalue weighted by Gasteiger charge is -2.34. The van der Waals surface area contributed by atoms with E-state index in [0.717, 1.165) is 42.1 Å². The SMILES string of the molecule is CCCCN1CCN(Cc2cc(-c3ssc(=S)c3C)ccc2O)CC1. The van der Waals surface area contributed by atoms with Crippen molar-refractivity contribution in [1.29, 1.82) is 0 Å². The fourth-order valence-corrected chi connectivity index (χ4v) is 6.10. The van der Waals surface area contributed by atoms with Gasteiger partial charge in [0, 0.05) is 38.3 Å². The molecule has 0 aliphatic carbocycles. The van der Waals surface area contributed by atoms with E-state index in [-0.39, 0.29) is 0 Å². The lowest BCUT2D eigenvalue weighted by atomic mass is 10.1. The third-order valence-corrected chi connectivity index (χ3v) is 8.25. The van der Waals surface area contributed by atoms with Gasteiger partial charge in [0.2, 0.25) is 0 Å². The smallest absolute Gasteiger partial charge is 0.120 e. The molecule has 3 rings (SSSR count). The van der Waals surface area contributed by atoms with Gasteiger partial charge in [-0.15, -0.1) is 0 Å². The molecule has 2 aromatic rings. The number of hydrogen-bond donors (Lipinski definition) is 1. The second-order valence-electron chi connectivity index (χ2n) is 6.72. The Morgan fingerprint density at radius 3 is 2.48 bits per heavy atom. The fourth-order valence-electron chi connectivity index (χ4n) is 3.21. The Kier molecular flexibility index (Phi) is 6.63. The van der Waals surface area contributed by atoms with Crippen LogP contribution in [0.15, 0.2) is 18.2 Å². The molecule has 0 bridgehead atoms. The van der Waals surface area contributed by atoms with Crippen LogP contribution in [-0.2, 0) is 6.54 Å². The van der Waals surface area contributed by atoms with Gasteiger partial charge in [-0.05, 0) is 49.2 Å². The number of phenols is 1. The molecule has 2 heterocycles. The number of nitrogens with zero attached hydrogens (tertiary/aromatic N) is 2. The van der Waals surface area contributed by atoms with Crippen LogP contribution in [0.2, 0.25) is 0 Å². The quantitative estimate of drug-likeness (QED) is 0.542. The van der Waals surface area contributed by atoms with Crippen LogP contribution in [0, 0.1) is 10.7 Å². The first kappa shape index (κ1) is 19.0. The highest BCUT2D eigenvalue weighted by Gasteiger charge is 2.18. The molecule has 6 heteroatoms. The van der Waals surface area contributed by atoms with E-state index in [2.05, 4.69) is 29.7 Å². The zero-order chi connectivity index (χ0) is 17.8. The van der Waals surface area contributed by atoms with E-state index in [9.17, 15) is 5.11 Å². The van der Waals surface area contributed by atoms with Gasteiger partial charge in [0.1, 0.15) is 9.57 Å². The molecule has 1 aromatic carbocycles. The average Bonchev–Trinajstić information content (AvgIpc) is 2.95. The second-order valence-corrected chi connectivity index (χ2v) is 9.54. The molecular formula is C19H26N2OS3. The second kappa shape index (κ2) is 8.73. The van der Waals surface area contributed by atoms with E-state index in [4.69, 9.17) is 12.2 Å². The molecule has 3 nitrogen and oxygen atoms in total. The molecule has 1 aliphatic rings. The van der Waals surface area contributed by atoms with Gasteiger partial charge >= 0.3 is 0 Å². The van der Waals surface area contributed by atoms with Gasteiger partial charge in [-0.3, -0.25) is 4.90 Å². The molecule has 0 saturated carbocycles. The summed E-state index contributed by atoms with van der Waals surface area (Å²) in [6, 6.07) is 5.97. The number of piperazine rings is 1. The van der Waals surface area contributed by atoms with Crippen molar-refractivity contribution in [2.24, 2.45) is 0 Å². The summed E-state index contributed by atoms with van der Waals surface area (Å²) in [7, 11) is 3.39. The predicted octanol–water partition coefficient (Wildman–Crippen LogP) is 5.14. The molecule has 1 N–H and O–H groups in total. The standard InChI is InChI=1S/C19H26N2OS3/c1-3-4-7-20-8-10-21(11-9-20)13-16-12-15(5-6-17(16)22)18-14(2)19(23)25-24-18/h5-6,12,22H,3-4,7-11,13H2,1-2H3. The summed E-state index contributed by atoms with van der Waals surface area (Å²) in [5, 5.41) is 10.3. The van der Waals surface area contributed by atoms with Crippen LogP contribution >= 0.6 is 32.9 Å². The van der Waals surface area contributed by atoms with Gasteiger partial charge in [-0.1, -0.05) is 46.2 Å². The Hall–Kier alpha value is -0.790. The lowest BCUT2D eigenvalue weighted by molar-refractivity contribution is 0.125. The Morgan fingerprint density at radius 2 is 1.84 bits per heavy atom. The van der Waals surface area contributed by atoms with Gasteiger partial charge in [-0.2, -0.15) is 0 Å². The van der Waals surface area contributed by atoms with E-state index in [1.807, 2.05) is 12.1 Å².